The zero-order chi connectivity index (χ0) is 13.0. The van der Waals surface area contributed by atoms with Crippen molar-refractivity contribution in [3.8, 4) is 0 Å². The van der Waals surface area contributed by atoms with Crippen LogP contribution in [0.2, 0.25) is 0 Å². The lowest BCUT2D eigenvalue weighted by Crippen LogP contribution is -2.31. The molecule has 0 heterocycles. The molecule has 0 rings (SSSR count). The number of ether oxygens (including phenoxy) is 1. The van der Waals surface area contributed by atoms with Crippen LogP contribution in [-0.2, 0) is 9.53 Å². The summed E-state index contributed by atoms with van der Waals surface area (Å²) >= 11 is 0. The largest absolute Gasteiger partial charge is 0.466 e. The van der Waals surface area contributed by atoms with Crippen molar-refractivity contribution in [2.45, 2.75) is 48.0 Å². The third kappa shape index (κ3) is 4.82. The lowest BCUT2D eigenvalue weighted by atomic mass is 9.65. The second-order valence-electron chi connectivity index (χ2n) is 6.21. The van der Waals surface area contributed by atoms with E-state index in [2.05, 4.69) is 46.3 Å². The third-order valence-electron chi connectivity index (χ3n) is 3.57. The van der Waals surface area contributed by atoms with E-state index in [1.165, 1.54) is 13.2 Å². The minimum Gasteiger partial charge on any atom is -0.466 e. The van der Waals surface area contributed by atoms with Crippen LogP contribution in [0, 0.1) is 16.7 Å². The predicted octanol–water partition coefficient (Wildman–Crippen LogP) is 3.81. The van der Waals surface area contributed by atoms with Gasteiger partial charge < -0.3 is 4.74 Å². The van der Waals surface area contributed by atoms with Gasteiger partial charge in [0, 0.05) is 6.08 Å². The summed E-state index contributed by atoms with van der Waals surface area (Å²) in [7, 11) is 1.40. The molecule has 0 aliphatic heterocycles. The maximum Gasteiger partial charge on any atom is 0.330 e. The first-order chi connectivity index (χ1) is 7.11. The molecule has 0 spiro atoms. The second kappa shape index (κ2) is 5.51. The molecule has 0 fully saturated rings. The van der Waals surface area contributed by atoms with Crippen LogP contribution >= 0.6 is 0 Å². The van der Waals surface area contributed by atoms with E-state index in [4.69, 9.17) is 0 Å². The molecule has 0 amide bonds. The van der Waals surface area contributed by atoms with E-state index in [9.17, 15) is 4.79 Å². The van der Waals surface area contributed by atoms with E-state index in [0.717, 1.165) is 6.42 Å². The van der Waals surface area contributed by atoms with Crippen LogP contribution in [-0.4, -0.2) is 13.1 Å². The molecule has 2 nitrogen and oxygen atoms in total. The normalized spacial score (nSPS) is 15.2. The third-order valence-corrected chi connectivity index (χ3v) is 3.57. The Bertz CT molecular complexity index is 256. The van der Waals surface area contributed by atoms with E-state index >= 15 is 0 Å². The van der Waals surface area contributed by atoms with Crippen LogP contribution in [0.4, 0.5) is 0 Å². The lowest BCUT2D eigenvalue weighted by molar-refractivity contribution is -0.134. The Labute approximate surface area is 100 Å². The fourth-order valence-electron chi connectivity index (χ4n) is 1.88. The van der Waals surface area contributed by atoms with Gasteiger partial charge in [-0.25, -0.2) is 4.79 Å². The van der Waals surface area contributed by atoms with Crippen molar-refractivity contribution in [2.75, 3.05) is 7.11 Å². The number of carbonyl (C=O) groups is 1. The molecule has 0 radical (unpaired) electrons. The summed E-state index contributed by atoms with van der Waals surface area (Å²) in [4.78, 5) is 11.0. The van der Waals surface area contributed by atoms with Gasteiger partial charge in [-0.3, -0.25) is 0 Å². The van der Waals surface area contributed by atoms with E-state index < -0.39 is 0 Å². The van der Waals surface area contributed by atoms with Crippen LogP contribution in [0.1, 0.15) is 48.0 Å². The van der Waals surface area contributed by atoms with Gasteiger partial charge in [-0.15, -0.1) is 0 Å². The molecule has 0 aromatic carbocycles. The Morgan fingerprint density at radius 3 is 2.12 bits per heavy atom. The highest BCUT2D eigenvalue weighted by molar-refractivity contribution is 5.81. The Kier molecular flexibility index (Phi) is 5.24. The molecular weight excluding hydrogens is 200 g/mol. The summed E-state index contributed by atoms with van der Waals surface area (Å²) in [5.41, 5.74) is 0.464. The van der Waals surface area contributed by atoms with Gasteiger partial charge in [0.1, 0.15) is 0 Å². The van der Waals surface area contributed by atoms with Gasteiger partial charge in [0.2, 0.25) is 0 Å². The van der Waals surface area contributed by atoms with E-state index in [1.807, 2.05) is 6.08 Å². The molecule has 0 saturated heterocycles. The first kappa shape index (κ1) is 15.2. The topological polar surface area (TPSA) is 26.3 Å². The van der Waals surface area contributed by atoms with Crippen molar-refractivity contribution in [1.82, 2.24) is 0 Å². The molecule has 0 aliphatic rings. The zero-order valence-corrected chi connectivity index (χ0v) is 11.8. The molecule has 0 aliphatic carbocycles. The van der Waals surface area contributed by atoms with Crippen molar-refractivity contribution >= 4 is 5.97 Å². The van der Waals surface area contributed by atoms with Crippen LogP contribution in [0.3, 0.4) is 0 Å². The summed E-state index contributed by atoms with van der Waals surface area (Å²) in [5, 5.41) is 0. The molecule has 0 aromatic rings. The fraction of sp³-hybridized carbons (Fsp3) is 0.786. The number of methoxy groups -OCH3 is 1. The van der Waals surface area contributed by atoms with Gasteiger partial charge in [-0.2, -0.15) is 0 Å². The molecule has 1 unspecified atom stereocenters. The van der Waals surface area contributed by atoms with Gasteiger partial charge in [0.15, 0.2) is 0 Å². The van der Waals surface area contributed by atoms with Crippen LogP contribution in [0.25, 0.3) is 0 Å². The van der Waals surface area contributed by atoms with Crippen molar-refractivity contribution in [2.24, 2.45) is 16.7 Å². The summed E-state index contributed by atoms with van der Waals surface area (Å²) in [5.74, 6) is 0.293. The van der Waals surface area contributed by atoms with E-state index in [-0.39, 0.29) is 16.8 Å². The Balaban J connectivity index is 4.46. The first-order valence-electron chi connectivity index (χ1n) is 5.86. The van der Waals surface area contributed by atoms with Gasteiger partial charge in [-0.05, 0) is 23.2 Å². The number of rotatable bonds is 4. The maximum atomic E-state index is 11.0. The first-order valence-corrected chi connectivity index (χ1v) is 5.86. The van der Waals surface area contributed by atoms with Gasteiger partial charge in [0.05, 0.1) is 7.11 Å². The summed E-state index contributed by atoms with van der Waals surface area (Å²) in [6, 6.07) is 0. The van der Waals surface area contributed by atoms with Crippen LogP contribution in [0.15, 0.2) is 12.2 Å². The number of esters is 1. The summed E-state index contributed by atoms with van der Waals surface area (Å²) in [6.07, 6.45) is 4.31. The van der Waals surface area contributed by atoms with Gasteiger partial charge in [0.25, 0.3) is 0 Å². The van der Waals surface area contributed by atoms with Crippen molar-refractivity contribution < 1.29 is 9.53 Å². The molecule has 2 heteroatoms. The highest BCUT2D eigenvalue weighted by Gasteiger charge is 2.33. The minimum absolute atomic E-state index is 0.183. The SMILES string of the molecule is COC(=O)C=CCC(C)(C)C(C)C(C)(C)C. The molecule has 0 N–H and O–H groups in total. The maximum absolute atomic E-state index is 11.0. The molecule has 0 bridgehead atoms. The fourth-order valence-corrected chi connectivity index (χ4v) is 1.88. The van der Waals surface area contributed by atoms with Crippen molar-refractivity contribution in [3.05, 3.63) is 12.2 Å². The highest BCUT2D eigenvalue weighted by Crippen LogP contribution is 2.42. The summed E-state index contributed by atoms with van der Waals surface area (Å²) in [6.45, 7) is 13.5. The van der Waals surface area contributed by atoms with Gasteiger partial charge >= 0.3 is 5.97 Å². The molecule has 94 valence electrons. The Morgan fingerprint density at radius 1 is 1.25 bits per heavy atom. The second-order valence-corrected chi connectivity index (χ2v) is 6.21. The standard InChI is InChI=1S/C14H26O2/c1-11(13(2,3)4)14(5,6)10-8-9-12(15)16-7/h8-9,11H,10H2,1-7H3. The quantitative estimate of drug-likeness (QED) is 0.538. The van der Waals surface area contributed by atoms with Crippen LogP contribution < -0.4 is 0 Å². The average molecular weight is 226 g/mol. The molecule has 0 saturated carbocycles. The highest BCUT2D eigenvalue weighted by atomic mass is 16.5. The Hall–Kier alpha value is -0.790. The predicted molar refractivity (Wildman–Crippen MR) is 68.2 cm³/mol. The molecular formula is C14H26O2. The monoisotopic (exact) mass is 226 g/mol. The molecule has 0 aromatic heterocycles. The summed E-state index contributed by atoms with van der Waals surface area (Å²) < 4.78 is 4.57. The van der Waals surface area contributed by atoms with Crippen molar-refractivity contribution in [3.63, 3.8) is 0 Å². The average Bonchev–Trinajstić information content (AvgIpc) is 2.14. The van der Waals surface area contributed by atoms with Gasteiger partial charge in [-0.1, -0.05) is 47.6 Å². The molecule has 1 atom stereocenters. The lowest BCUT2D eigenvalue weighted by Gasteiger charge is -2.40. The number of carbonyl (C=O) groups excluding carboxylic acids is 1. The number of hydrogen-bond donors (Lipinski definition) is 0. The van der Waals surface area contributed by atoms with E-state index in [0.29, 0.717) is 5.92 Å². The number of hydrogen-bond acceptors (Lipinski definition) is 2. The van der Waals surface area contributed by atoms with Crippen molar-refractivity contribution in [1.29, 1.82) is 0 Å². The van der Waals surface area contributed by atoms with Crippen LogP contribution in [0.5, 0.6) is 0 Å². The zero-order valence-electron chi connectivity index (χ0n) is 11.8. The Morgan fingerprint density at radius 2 is 1.75 bits per heavy atom. The number of allylic oxidation sites excluding steroid dienone is 1. The smallest absolute Gasteiger partial charge is 0.330 e. The molecule has 16 heavy (non-hydrogen) atoms. The van der Waals surface area contributed by atoms with E-state index in [1.54, 1.807) is 0 Å². The minimum atomic E-state index is -0.279.